The molecule has 112 valence electrons. The molecule has 0 radical (unpaired) electrons. The van der Waals surface area contributed by atoms with Crippen molar-refractivity contribution in [2.24, 2.45) is 0 Å². The van der Waals surface area contributed by atoms with Gasteiger partial charge in [0, 0.05) is 11.8 Å². The van der Waals surface area contributed by atoms with Crippen LogP contribution < -0.4 is 4.74 Å². The van der Waals surface area contributed by atoms with E-state index in [4.69, 9.17) is 4.74 Å². The number of benzene rings is 1. The lowest BCUT2D eigenvalue weighted by Gasteiger charge is -2.05. The highest BCUT2D eigenvalue weighted by molar-refractivity contribution is 7.12. The van der Waals surface area contributed by atoms with Crippen LogP contribution in [0.2, 0.25) is 0 Å². The number of methoxy groups -OCH3 is 1. The van der Waals surface area contributed by atoms with Gasteiger partial charge in [0.25, 0.3) is 0 Å². The first-order chi connectivity index (χ1) is 10.7. The van der Waals surface area contributed by atoms with Gasteiger partial charge in [-0.15, -0.1) is 16.4 Å². The zero-order chi connectivity index (χ0) is 15.5. The standard InChI is InChI=1S/C15H14N4O2S/c1-10-9-22-15(16-10)19-14(13(8-20)17-18-19)7-11-3-5-12(21-2)6-4-11/h3-6,8-9H,7H2,1-2H3. The molecular weight excluding hydrogens is 300 g/mol. The van der Waals surface area contributed by atoms with Crippen LogP contribution in [0.4, 0.5) is 0 Å². The van der Waals surface area contributed by atoms with E-state index in [1.54, 1.807) is 11.8 Å². The zero-order valence-electron chi connectivity index (χ0n) is 12.2. The van der Waals surface area contributed by atoms with Crippen LogP contribution in [0.15, 0.2) is 29.6 Å². The normalized spacial score (nSPS) is 10.6. The zero-order valence-corrected chi connectivity index (χ0v) is 13.0. The molecule has 0 atom stereocenters. The molecule has 22 heavy (non-hydrogen) atoms. The van der Waals surface area contributed by atoms with Crippen LogP contribution >= 0.6 is 11.3 Å². The molecular formula is C15H14N4O2S. The Bertz CT molecular complexity index is 792. The molecule has 3 rings (SSSR count). The van der Waals surface area contributed by atoms with Crippen LogP contribution in [-0.2, 0) is 6.42 Å². The topological polar surface area (TPSA) is 69.9 Å². The van der Waals surface area contributed by atoms with Gasteiger partial charge in [-0.2, -0.15) is 4.68 Å². The monoisotopic (exact) mass is 314 g/mol. The van der Waals surface area contributed by atoms with Gasteiger partial charge < -0.3 is 4.74 Å². The molecule has 0 saturated heterocycles. The summed E-state index contributed by atoms with van der Waals surface area (Å²) in [6.45, 7) is 1.92. The van der Waals surface area contributed by atoms with Crippen molar-refractivity contribution in [1.82, 2.24) is 20.0 Å². The van der Waals surface area contributed by atoms with Crippen LogP contribution in [0.25, 0.3) is 5.13 Å². The summed E-state index contributed by atoms with van der Waals surface area (Å²) in [7, 11) is 1.63. The van der Waals surface area contributed by atoms with Gasteiger partial charge in [0.05, 0.1) is 18.5 Å². The molecule has 0 N–H and O–H groups in total. The van der Waals surface area contributed by atoms with Crippen LogP contribution in [-0.4, -0.2) is 33.4 Å². The largest absolute Gasteiger partial charge is 0.497 e. The highest BCUT2D eigenvalue weighted by Gasteiger charge is 2.16. The van der Waals surface area contributed by atoms with Crippen LogP contribution in [0.1, 0.15) is 27.4 Å². The van der Waals surface area contributed by atoms with E-state index in [0.717, 1.165) is 29.0 Å². The second-order valence-electron chi connectivity index (χ2n) is 4.75. The van der Waals surface area contributed by atoms with E-state index in [1.807, 2.05) is 36.6 Å². The quantitative estimate of drug-likeness (QED) is 0.677. The van der Waals surface area contributed by atoms with E-state index in [2.05, 4.69) is 15.3 Å². The Hall–Kier alpha value is -2.54. The van der Waals surface area contributed by atoms with Crippen molar-refractivity contribution < 1.29 is 9.53 Å². The summed E-state index contributed by atoms with van der Waals surface area (Å²) in [4.78, 5) is 15.6. The number of thiazole rings is 1. The highest BCUT2D eigenvalue weighted by Crippen LogP contribution is 2.20. The van der Waals surface area contributed by atoms with Crippen molar-refractivity contribution in [1.29, 1.82) is 0 Å². The Kier molecular flexibility index (Phi) is 3.97. The average Bonchev–Trinajstić information content (AvgIpc) is 3.14. The average molecular weight is 314 g/mol. The second kappa shape index (κ2) is 6.07. The lowest BCUT2D eigenvalue weighted by Crippen LogP contribution is -2.04. The van der Waals surface area contributed by atoms with Gasteiger partial charge in [0.1, 0.15) is 11.4 Å². The molecule has 0 fully saturated rings. The van der Waals surface area contributed by atoms with Gasteiger partial charge in [-0.05, 0) is 24.6 Å². The number of aldehydes is 1. The summed E-state index contributed by atoms with van der Waals surface area (Å²) >= 11 is 1.47. The minimum atomic E-state index is 0.337. The predicted molar refractivity (Wildman–Crippen MR) is 83.0 cm³/mol. The van der Waals surface area contributed by atoms with Crippen molar-refractivity contribution in [2.75, 3.05) is 7.11 Å². The van der Waals surface area contributed by atoms with Crippen molar-refractivity contribution in [3.05, 3.63) is 52.3 Å². The number of aryl methyl sites for hydroxylation is 1. The molecule has 0 bridgehead atoms. The maximum absolute atomic E-state index is 11.2. The predicted octanol–water partition coefficient (Wildman–Crippen LogP) is 2.44. The molecule has 0 spiro atoms. The fourth-order valence-corrected chi connectivity index (χ4v) is 2.87. The highest BCUT2D eigenvalue weighted by atomic mass is 32.1. The summed E-state index contributed by atoms with van der Waals surface area (Å²) in [5.41, 5.74) is 3.03. The maximum Gasteiger partial charge on any atom is 0.212 e. The van der Waals surface area contributed by atoms with E-state index in [0.29, 0.717) is 17.2 Å². The second-order valence-corrected chi connectivity index (χ2v) is 5.58. The van der Waals surface area contributed by atoms with Gasteiger partial charge in [0.15, 0.2) is 6.29 Å². The number of aromatic nitrogens is 4. The summed E-state index contributed by atoms with van der Waals surface area (Å²) in [6.07, 6.45) is 1.27. The van der Waals surface area contributed by atoms with E-state index in [-0.39, 0.29) is 0 Å². The molecule has 2 heterocycles. The Labute approximate surface area is 131 Å². The van der Waals surface area contributed by atoms with Crippen LogP contribution in [0, 0.1) is 6.92 Å². The Morgan fingerprint density at radius 2 is 2.09 bits per heavy atom. The minimum absolute atomic E-state index is 0.337. The van der Waals surface area contributed by atoms with Crippen molar-refractivity contribution >= 4 is 17.6 Å². The van der Waals surface area contributed by atoms with Crippen molar-refractivity contribution in [3.8, 4) is 10.9 Å². The fourth-order valence-electron chi connectivity index (χ4n) is 2.10. The molecule has 6 nitrogen and oxygen atoms in total. The fraction of sp³-hybridized carbons (Fsp3) is 0.200. The molecule has 0 aliphatic carbocycles. The number of carbonyl (C=O) groups excluding carboxylic acids is 1. The summed E-state index contributed by atoms with van der Waals surface area (Å²) in [5.74, 6) is 0.793. The van der Waals surface area contributed by atoms with E-state index >= 15 is 0 Å². The van der Waals surface area contributed by atoms with Gasteiger partial charge in [-0.25, -0.2) is 4.98 Å². The molecule has 0 aliphatic rings. The maximum atomic E-state index is 11.2. The summed E-state index contributed by atoms with van der Waals surface area (Å²) in [6, 6.07) is 7.69. The molecule has 0 unspecified atom stereocenters. The molecule has 0 saturated carbocycles. The summed E-state index contributed by atoms with van der Waals surface area (Å²) in [5, 5.41) is 10.6. The van der Waals surface area contributed by atoms with Gasteiger partial charge >= 0.3 is 0 Å². The first kappa shape index (κ1) is 14.4. The Morgan fingerprint density at radius 3 is 2.68 bits per heavy atom. The number of carbonyl (C=O) groups is 1. The Balaban J connectivity index is 1.97. The number of ether oxygens (including phenoxy) is 1. The van der Waals surface area contributed by atoms with E-state index in [1.165, 1.54) is 11.3 Å². The van der Waals surface area contributed by atoms with Crippen LogP contribution in [0.3, 0.4) is 0 Å². The van der Waals surface area contributed by atoms with Crippen molar-refractivity contribution in [3.63, 3.8) is 0 Å². The molecule has 2 aromatic heterocycles. The van der Waals surface area contributed by atoms with E-state index < -0.39 is 0 Å². The SMILES string of the molecule is COc1ccc(Cc2c(C=O)nnn2-c2nc(C)cs2)cc1. The van der Waals surface area contributed by atoms with Gasteiger partial charge in [-0.1, -0.05) is 17.3 Å². The third kappa shape index (κ3) is 2.75. The van der Waals surface area contributed by atoms with E-state index in [9.17, 15) is 4.79 Å². The van der Waals surface area contributed by atoms with Crippen molar-refractivity contribution in [2.45, 2.75) is 13.3 Å². The molecule has 1 aromatic carbocycles. The minimum Gasteiger partial charge on any atom is -0.497 e. The lowest BCUT2D eigenvalue weighted by atomic mass is 10.1. The van der Waals surface area contributed by atoms with Gasteiger partial charge in [0.2, 0.25) is 5.13 Å². The first-order valence-corrected chi connectivity index (χ1v) is 7.54. The molecule has 3 aromatic rings. The Morgan fingerprint density at radius 1 is 1.32 bits per heavy atom. The third-order valence-electron chi connectivity index (χ3n) is 3.22. The molecule has 0 aliphatic heterocycles. The number of nitrogens with zero attached hydrogens (tertiary/aromatic N) is 4. The molecule has 7 heteroatoms. The molecule has 0 amide bonds. The number of rotatable bonds is 5. The first-order valence-electron chi connectivity index (χ1n) is 6.66. The third-order valence-corrected chi connectivity index (χ3v) is 4.16. The van der Waals surface area contributed by atoms with Gasteiger partial charge in [-0.3, -0.25) is 4.79 Å². The number of hydrogen-bond donors (Lipinski definition) is 0. The lowest BCUT2D eigenvalue weighted by molar-refractivity contribution is 0.111. The summed E-state index contributed by atoms with van der Waals surface area (Å²) < 4.78 is 6.78. The van der Waals surface area contributed by atoms with Crippen LogP contribution in [0.5, 0.6) is 5.75 Å². The smallest absolute Gasteiger partial charge is 0.212 e. The number of hydrogen-bond acceptors (Lipinski definition) is 6.